The molecule has 0 aliphatic rings. The zero-order valence-electron chi connectivity index (χ0n) is 23.4. The standard InChI is InChI=1S/C34H28N6S/c1-5-23-15-17-24(18-16-23)29-28-22(4)39-40(34-35-20(2)19-21(3)36-34)32(28)38-31(25-11-7-6-8-12-25)30(29)33-37-26-13-9-10-14-27(26)41-33/h6-19H,5H2,1-4H3. The van der Waals surface area contributed by atoms with E-state index in [2.05, 4.69) is 73.7 Å². The zero-order valence-corrected chi connectivity index (χ0v) is 24.2. The minimum absolute atomic E-state index is 0.520. The highest BCUT2D eigenvalue weighted by Crippen LogP contribution is 2.46. The number of para-hydroxylation sites is 1. The van der Waals surface area contributed by atoms with Gasteiger partial charge in [0.2, 0.25) is 0 Å². The molecule has 200 valence electrons. The fraction of sp³-hybridized carbons (Fsp3) is 0.147. The van der Waals surface area contributed by atoms with E-state index in [1.165, 1.54) is 5.56 Å². The Kier molecular flexibility index (Phi) is 6.16. The van der Waals surface area contributed by atoms with Crippen molar-refractivity contribution in [2.24, 2.45) is 0 Å². The highest BCUT2D eigenvalue weighted by atomic mass is 32.1. The van der Waals surface area contributed by atoms with E-state index in [1.807, 2.05) is 39.0 Å². The van der Waals surface area contributed by atoms with Crippen LogP contribution in [-0.2, 0) is 6.42 Å². The molecule has 0 atom stereocenters. The maximum atomic E-state index is 5.36. The van der Waals surface area contributed by atoms with Crippen molar-refractivity contribution in [3.05, 3.63) is 108 Å². The second kappa shape index (κ2) is 10.0. The number of fused-ring (bicyclic) bond motifs is 2. The Balaban J connectivity index is 1.65. The molecule has 0 aliphatic carbocycles. The largest absolute Gasteiger partial charge is 0.253 e. The van der Waals surface area contributed by atoms with Crippen LogP contribution in [0.4, 0.5) is 0 Å². The summed E-state index contributed by atoms with van der Waals surface area (Å²) in [4.78, 5) is 20.0. The number of hydrogen-bond donors (Lipinski definition) is 0. The van der Waals surface area contributed by atoms with Gasteiger partial charge < -0.3 is 0 Å². The lowest BCUT2D eigenvalue weighted by Gasteiger charge is -2.16. The predicted octanol–water partition coefficient (Wildman–Crippen LogP) is 8.31. The number of rotatable bonds is 5. The van der Waals surface area contributed by atoms with Gasteiger partial charge in [-0.15, -0.1) is 11.3 Å². The van der Waals surface area contributed by atoms with Crippen molar-refractivity contribution >= 4 is 32.6 Å². The molecule has 7 aromatic rings. The third-order valence-electron chi connectivity index (χ3n) is 7.36. The quantitative estimate of drug-likeness (QED) is 0.215. The number of aryl methyl sites for hydroxylation is 4. The average Bonchev–Trinajstić information content (AvgIpc) is 3.57. The molecule has 3 aromatic carbocycles. The van der Waals surface area contributed by atoms with Crippen molar-refractivity contribution < 1.29 is 0 Å². The highest BCUT2D eigenvalue weighted by Gasteiger charge is 2.27. The van der Waals surface area contributed by atoms with Crippen LogP contribution >= 0.6 is 11.3 Å². The van der Waals surface area contributed by atoms with Gasteiger partial charge in [-0.3, -0.25) is 0 Å². The Labute approximate surface area is 242 Å². The molecule has 0 amide bonds. The van der Waals surface area contributed by atoms with E-state index in [0.29, 0.717) is 5.95 Å². The van der Waals surface area contributed by atoms with E-state index >= 15 is 0 Å². The first-order chi connectivity index (χ1) is 20.0. The molecule has 7 rings (SSSR count). The molecule has 0 aliphatic heterocycles. The van der Waals surface area contributed by atoms with E-state index in [1.54, 1.807) is 16.0 Å². The fourth-order valence-electron chi connectivity index (χ4n) is 5.45. The third-order valence-corrected chi connectivity index (χ3v) is 8.41. The van der Waals surface area contributed by atoms with Gasteiger partial charge in [-0.05, 0) is 56.5 Å². The second-order valence-electron chi connectivity index (χ2n) is 10.3. The molecule has 0 N–H and O–H groups in total. The average molecular weight is 553 g/mol. The molecule has 0 spiro atoms. The number of pyridine rings is 1. The molecule has 4 heterocycles. The molecule has 7 heteroatoms. The number of nitrogens with zero attached hydrogens (tertiary/aromatic N) is 6. The van der Waals surface area contributed by atoms with E-state index in [-0.39, 0.29) is 0 Å². The van der Waals surface area contributed by atoms with Gasteiger partial charge in [-0.1, -0.05) is 73.7 Å². The lowest BCUT2D eigenvalue weighted by molar-refractivity contribution is 0.797. The molecular formula is C34H28N6S. The number of hydrogen-bond acceptors (Lipinski definition) is 6. The fourth-order valence-corrected chi connectivity index (χ4v) is 6.46. The first-order valence-electron chi connectivity index (χ1n) is 13.8. The van der Waals surface area contributed by atoms with Crippen molar-refractivity contribution in [2.75, 3.05) is 0 Å². The van der Waals surface area contributed by atoms with Crippen LogP contribution in [0, 0.1) is 20.8 Å². The van der Waals surface area contributed by atoms with Crippen molar-refractivity contribution in [1.29, 1.82) is 0 Å². The summed E-state index contributed by atoms with van der Waals surface area (Å²) in [5.41, 5.74) is 10.7. The van der Waals surface area contributed by atoms with Crippen molar-refractivity contribution in [2.45, 2.75) is 34.1 Å². The van der Waals surface area contributed by atoms with Crippen LogP contribution < -0.4 is 0 Å². The van der Waals surface area contributed by atoms with E-state index in [0.717, 1.165) is 77.7 Å². The SMILES string of the molecule is CCc1ccc(-c2c(-c3nc4ccccc4s3)c(-c3ccccc3)nc3c2c(C)nn3-c2nc(C)cc(C)n2)cc1. The van der Waals surface area contributed by atoms with Crippen molar-refractivity contribution in [3.63, 3.8) is 0 Å². The van der Waals surface area contributed by atoms with Crippen molar-refractivity contribution in [3.8, 4) is 38.9 Å². The normalized spacial score (nSPS) is 11.5. The Morgan fingerprint density at radius 1 is 0.707 bits per heavy atom. The van der Waals surface area contributed by atoms with Gasteiger partial charge in [0, 0.05) is 28.1 Å². The van der Waals surface area contributed by atoms with Gasteiger partial charge in [0.25, 0.3) is 5.95 Å². The van der Waals surface area contributed by atoms with E-state index in [9.17, 15) is 0 Å². The topological polar surface area (TPSA) is 69.4 Å². The lowest BCUT2D eigenvalue weighted by Crippen LogP contribution is -2.07. The molecule has 0 unspecified atom stereocenters. The highest BCUT2D eigenvalue weighted by molar-refractivity contribution is 7.21. The number of aromatic nitrogens is 6. The van der Waals surface area contributed by atoms with Crippen molar-refractivity contribution in [1.82, 2.24) is 29.7 Å². The first-order valence-corrected chi connectivity index (χ1v) is 14.6. The van der Waals surface area contributed by atoms with Gasteiger partial charge in [0.1, 0.15) is 5.01 Å². The minimum Gasteiger partial charge on any atom is -0.236 e. The molecule has 0 bridgehead atoms. The Morgan fingerprint density at radius 2 is 1.41 bits per heavy atom. The monoisotopic (exact) mass is 552 g/mol. The van der Waals surface area contributed by atoms with Crippen LogP contribution in [0.15, 0.2) is 84.9 Å². The van der Waals surface area contributed by atoms with Crippen LogP contribution in [0.1, 0.15) is 29.6 Å². The van der Waals surface area contributed by atoms with E-state index in [4.69, 9.17) is 25.0 Å². The van der Waals surface area contributed by atoms with Crippen LogP contribution in [0.5, 0.6) is 0 Å². The Bertz CT molecular complexity index is 2000. The van der Waals surface area contributed by atoms with E-state index < -0.39 is 0 Å². The van der Waals surface area contributed by atoms with Gasteiger partial charge in [0.15, 0.2) is 5.65 Å². The smallest absolute Gasteiger partial charge is 0.236 e. The molecular weight excluding hydrogens is 524 g/mol. The minimum atomic E-state index is 0.520. The maximum absolute atomic E-state index is 5.36. The zero-order chi connectivity index (χ0) is 28.1. The van der Waals surface area contributed by atoms with Gasteiger partial charge in [0.05, 0.1) is 27.0 Å². The summed E-state index contributed by atoms with van der Waals surface area (Å²) in [6.07, 6.45) is 0.979. The molecule has 0 radical (unpaired) electrons. The summed E-state index contributed by atoms with van der Waals surface area (Å²) in [6.45, 7) is 8.17. The van der Waals surface area contributed by atoms with Gasteiger partial charge in [-0.2, -0.15) is 9.78 Å². The summed E-state index contributed by atoms with van der Waals surface area (Å²) < 4.78 is 2.94. The Morgan fingerprint density at radius 3 is 2.12 bits per heavy atom. The van der Waals surface area contributed by atoms with Crippen LogP contribution in [-0.4, -0.2) is 29.7 Å². The lowest BCUT2D eigenvalue weighted by atomic mass is 9.92. The maximum Gasteiger partial charge on any atom is 0.253 e. The third kappa shape index (κ3) is 4.39. The summed E-state index contributed by atoms with van der Waals surface area (Å²) in [6, 6.07) is 29.4. The van der Waals surface area contributed by atoms with Gasteiger partial charge in [-0.25, -0.2) is 19.9 Å². The summed E-state index contributed by atoms with van der Waals surface area (Å²) in [5.74, 6) is 0.520. The predicted molar refractivity (Wildman–Crippen MR) is 168 cm³/mol. The van der Waals surface area contributed by atoms with Crippen LogP contribution in [0.3, 0.4) is 0 Å². The molecule has 0 saturated carbocycles. The number of benzene rings is 3. The summed E-state index contributed by atoms with van der Waals surface area (Å²) in [5, 5.41) is 6.90. The summed E-state index contributed by atoms with van der Waals surface area (Å²) >= 11 is 1.69. The molecule has 4 aromatic heterocycles. The Hall–Kier alpha value is -4.75. The molecule has 6 nitrogen and oxygen atoms in total. The first kappa shape index (κ1) is 25.2. The number of thiazole rings is 1. The second-order valence-corrected chi connectivity index (χ2v) is 11.3. The summed E-state index contributed by atoms with van der Waals surface area (Å²) in [7, 11) is 0. The van der Waals surface area contributed by atoms with Crippen LogP contribution in [0.25, 0.3) is 60.2 Å². The van der Waals surface area contributed by atoms with Gasteiger partial charge >= 0.3 is 0 Å². The molecule has 0 saturated heterocycles. The molecule has 0 fully saturated rings. The molecule has 41 heavy (non-hydrogen) atoms. The van der Waals surface area contributed by atoms with Crippen LogP contribution in [0.2, 0.25) is 0 Å².